The average Bonchev–Trinajstić information content (AvgIpc) is 3.06. The van der Waals surface area contributed by atoms with E-state index in [0.717, 1.165) is 63.5 Å². The number of nitrogens with zero attached hydrogens (tertiary/aromatic N) is 4. The van der Waals surface area contributed by atoms with Crippen molar-refractivity contribution in [3.8, 4) is 0 Å². The van der Waals surface area contributed by atoms with Crippen molar-refractivity contribution < 1.29 is 5.11 Å². The number of aliphatic hydroxyl groups excluding tert-OH is 1. The molecule has 1 aromatic rings. The van der Waals surface area contributed by atoms with Gasteiger partial charge in [0.2, 0.25) is 0 Å². The SMILES string of the molecule is C=CCN1CCC(Nc2cc(N3CCCC3CO)ncn2)CC1. The summed E-state index contributed by atoms with van der Waals surface area (Å²) in [6, 6.07) is 2.68. The maximum atomic E-state index is 9.48. The first-order valence-electron chi connectivity index (χ1n) is 8.59. The molecule has 2 aliphatic rings. The first-order chi connectivity index (χ1) is 11.3. The molecule has 2 aliphatic heterocycles. The zero-order valence-corrected chi connectivity index (χ0v) is 13.7. The van der Waals surface area contributed by atoms with E-state index in [2.05, 4.69) is 31.7 Å². The second kappa shape index (κ2) is 7.75. The number of rotatable bonds is 6. The molecule has 0 amide bonds. The minimum absolute atomic E-state index is 0.189. The third-order valence-corrected chi connectivity index (χ3v) is 4.86. The van der Waals surface area contributed by atoms with Crippen LogP contribution in [0.3, 0.4) is 0 Å². The van der Waals surface area contributed by atoms with Crippen LogP contribution in [0.25, 0.3) is 0 Å². The number of anilines is 2. The van der Waals surface area contributed by atoms with Crippen LogP contribution >= 0.6 is 0 Å². The van der Waals surface area contributed by atoms with Crippen LogP contribution in [0, 0.1) is 0 Å². The van der Waals surface area contributed by atoms with Crippen molar-refractivity contribution in [3.63, 3.8) is 0 Å². The largest absolute Gasteiger partial charge is 0.394 e. The van der Waals surface area contributed by atoms with Gasteiger partial charge in [-0.2, -0.15) is 0 Å². The molecule has 0 aliphatic carbocycles. The van der Waals surface area contributed by atoms with Gasteiger partial charge in [-0.15, -0.1) is 6.58 Å². The number of hydrogen-bond donors (Lipinski definition) is 2. The van der Waals surface area contributed by atoms with E-state index in [1.165, 1.54) is 0 Å². The summed E-state index contributed by atoms with van der Waals surface area (Å²) in [7, 11) is 0. The molecule has 2 saturated heterocycles. The molecule has 23 heavy (non-hydrogen) atoms. The van der Waals surface area contributed by atoms with Gasteiger partial charge in [0.25, 0.3) is 0 Å². The molecule has 6 nitrogen and oxygen atoms in total. The van der Waals surface area contributed by atoms with Crippen LogP contribution in [0.15, 0.2) is 25.0 Å². The van der Waals surface area contributed by atoms with Crippen molar-refractivity contribution in [1.29, 1.82) is 0 Å². The van der Waals surface area contributed by atoms with Crippen LogP contribution in [-0.2, 0) is 0 Å². The number of likely N-dealkylation sites (tertiary alicyclic amines) is 1. The van der Waals surface area contributed by atoms with Crippen molar-refractivity contribution in [2.75, 3.05) is 43.0 Å². The van der Waals surface area contributed by atoms with Crippen LogP contribution < -0.4 is 10.2 Å². The molecule has 0 bridgehead atoms. The van der Waals surface area contributed by atoms with Gasteiger partial charge in [0.05, 0.1) is 12.6 Å². The van der Waals surface area contributed by atoms with Gasteiger partial charge < -0.3 is 15.3 Å². The van der Waals surface area contributed by atoms with Crippen molar-refractivity contribution in [3.05, 3.63) is 25.0 Å². The van der Waals surface area contributed by atoms with Gasteiger partial charge in [0.1, 0.15) is 18.0 Å². The Morgan fingerprint density at radius 1 is 1.26 bits per heavy atom. The maximum Gasteiger partial charge on any atom is 0.134 e. The Labute approximate surface area is 138 Å². The summed E-state index contributed by atoms with van der Waals surface area (Å²) >= 11 is 0. The maximum absolute atomic E-state index is 9.48. The van der Waals surface area contributed by atoms with E-state index in [-0.39, 0.29) is 12.6 Å². The molecule has 2 fully saturated rings. The van der Waals surface area contributed by atoms with Crippen molar-refractivity contribution in [1.82, 2.24) is 14.9 Å². The molecule has 0 aromatic carbocycles. The predicted molar refractivity (Wildman–Crippen MR) is 92.8 cm³/mol. The van der Waals surface area contributed by atoms with Gasteiger partial charge in [-0.05, 0) is 25.7 Å². The van der Waals surface area contributed by atoms with E-state index in [4.69, 9.17) is 0 Å². The average molecular weight is 317 g/mol. The first-order valence-corrected chi connectivity index (χ1v) is 8.59. The quantitative estimate of drug-likeness (QED) is 0.775. The summed E-state index contributed by atoms with van der Waals surface area (Å²) in [6.07, 6.45) is 7.98. The summed E-state index contributed by atoms with van der Waals surface area (Å²) in [6.45, 7) is 8.12. The lowest BCUT2D eigenvalue weighted by Gasteiger charge is -2.32. The van der Waals surface area contributed by atoms with Crippen molar-refractivity contribution >= 4 is 11.6 Å². The molecule has 1 unspecified atom stereocenters. The summed E-state index contributed by atoms with van der Waals surface area (Å²) in [5, 5.41) is 13.0. The van der Waals surface area contributed by atoms with Crippen LogP contribution in [0.5, 0.6) is 0 Å². The van der Waals surface area contributed by atoms with E-state index in [1.807, 2.05) is 12.1 Å². The highest BCUT2D eigenvalue weighted by Crippen LogP contribution is 2.25. The molecule has 3 heterocycles. The number of aliphatic hydroxyl groups is 1. The lowest BCUT2D eigenvalue weighted by atomic mass is 10.1. The van der Waals surface area contributed by atoms with Crippen molar-refractivity contribution in [2.45, 2.75) is 37.8 Å². The Balaban J connectivity index is 1.59. The van der Waals surface area contributed by atoms with Crippen molar-refractivity contribution in [2.24, 2.45) is 0 Å². The molecule has 126 valence electrons. The molecule has 1 atom stereocenters. The van der Waals surface area contributed by atoms with E-state index in [1.54, 1.807) is 6.33 Å². The lowest BCUT2D eigenvalue weighted by Crippen LogP contribution is -2.39. The van der Waals surface area contributed by atoms with E-state index >= 15 is 0 Å². The van der Waals surface area contributed by atoms with Crippen LogP contribution in [-0.4, -0.2) is 64.8 Å². The highest BCUT2D eigenvalue weighted by Gasteiger charge is 2.25. The predicted octanol–water partition coefficient (Wildman–Crippen LogP) is 1.50. The van der Waals surface area contributed by atoms with E-state index < -0.39 is 0 Å². The minimum Gasteiger partial charge on any atom is -0.394 e. The topological polar surface area (TPSA) is 64.5 Å². The van der Waals surface area contributed by atoms with Crippen LogP contribution in [0.2, 0.25) is 0 Å². The van der Waals surface area contributed by atoms with E-state index in [9.17, 15) is 5.11 Å². The molecule has 6 heteroatoms. The Morgan fingerprint density at radius 2 is 2.09 bits per heavy atom. The van der Waals surface area contributed by atoms with Gasteiger partial charge in [-0.25, -0.2) is 9.97 Å². The molecule has 0 saturated carbocycles. The second-order valence-corrected chi connectivity index (χ2v) is 6.44. The highest BCUT2D eigenvalue weighted by atomic mass is 16.3. The Morgan fingerprint density at radius 3 is 2.83 bits per heavy atom. The first kappa shape index (κ1) is 16.2. The van der Waals surface area contributed by atoms with Gasteiger partial charge in [-0.3, -0.25) is 4.90 Å². The fourth-order valence-electron chi connectivity index (χ4n) is 3.56. The van der Waals surface area contributed by atoms with Gasteiger partial charge in [0.15, 0.2) is 0 Å². The smallest absolute Gasteiger partial charge is 0.134 e. The van der Waals surface area contributed by atoms with Crippen LogP contribution in [0.1, 0.15) is 25.7 Å². The van der Waals surface area contributed by atoms with E-state index in [0.29, 0.717) is 6.04 Å². The molecule has 0 spiro atoms. The van der Waals surface area contributed by atoms with Gasteiger partial charge >= 0.3 is 0 Å². The zero-order valence-electron chi connectivity index (χ0n) is 13.7. The second-order valence-electron chi connectivity index (χ2n) is 6.44. The summed E-state index contributed by atoms with van der Waals surface area (Å²) in [5.74, 6) is 1.81. The number of hydrogen-bond acceptors (Lipinski definition) is 6. The standard InChI is InChI=1S/C17H27N5O/c1-2-7-21-9-5-14(6-10-21)20-16-11-17(19-13-18-16)22-8-3-4-15(22)12-23/h2,11,13-15,23H,1,3-10,12H2,(H,18,19,20). The molecule has 3 rings (SSSR count). The highest BCUT2D eigenvalue weighted by molar-refractivity contribution is 5.50. The monoisotopic (exact) mass is 317 g/mol. The number of nitrogens with one attached hydrogen (secondary N) is 1. The lowest BCUT2D eigenvalue weighted by molar-refractivity contribution is 0.240. The molecule has 0 radical (unpaired) electrons. The summed E-state index contributed by atoms with van der Waals surface area (Å²) in [5.41, 5.74) is 0. The normalized spacial score (nSPS) is 23.2. The van der Waals surface area contributed by atoms with Gasteiger partial charge in [0, 0.05) is 38.3 Å². The Bertz CT molecular complexity index is 515. The van der Waals surface area contributed by atoms with Gasteiger partial charge in [-0.1, -0.05) is 6.08 Å². The Kier molecular flexibility index (Phi) is 5.46. The molecular weight excluding hydrogens is 290 g/mol. The van der Waals surface area contributed by atoms with Crippen LogP contribution in [0.4, 0.5) is 11.6 Å². The number of piperidine rings is 1. The molecule has 1 aromatic heterocycles. The fraction of sp³-hybridized carbons (Fsp3) is 0.647. The molecule has 2 N–H and O–H groups in total. The summed E-state index contributed by atoms with van der Waals surface area (Å²) in [4.78, 5) is 13.4. The third-order valence-electron chi connectivity index (χ3n) is 4.86. The minimum atomic E-state index is 0.189. The number of aromatic nitrogens is 2. The third kappa shape index (κ3) is 4.00. The zero-order chi connectivity index (χ0) is 16.1. The Hall–Kier alpha value is -1.66. The fourth-order valence-corrected chi connectivity index (χ4v) is 3.56. The molecular formula is C17H27N5O. The summed E-state index contributed by atoms with van der Waals surface area (Å²) < 4.78 is 0.